The number of halogens is 1. The minimum Gasteiger partial charge on any atom is -0.399 e. The maximum atomic E-state index is 12.4. The van der Waals surface area contributed by atoms with Crippen molar-refractivity contribution in [2.75, 3.05) is 25.4 Å². The Balaban J connectivity index is 2.87. The Morgan fingerprint density at radius 1 is 1.35 bits per heavy atom. The molecule has 20 heavy (non-hydrogen) atoms. The number of sulfonamides is 1. The summed E-state index contributed by atoms with van der Waals surface area (Å²) in [5, 5.41) is 0. The van der Waals surface area contributed by atoms with Gasteiger partial charge in [-0.2, -0.15) is 0 Å². The Morgan fingerprint density at radius 3 is 2.50 bits per heavy atom. The third-order valence-corrected chi connectivity index (χ3v) is 5.61. The van der Waals surface area contributed by atoms with Crippen molar-refractivity contribution in [1.29, 1.82) is 0 Å². The monoisotopic (exact) mass is 363 g/mol. The maximum absolute atomic E-state index is 12.4. The quantitative estimate of drug-likeness (QED) is 0.726. The number of anilines is 1. The summed E-state index contributed by atoms with van der Waals surface area (Å²) in [4.78, 5) is 2.34. The molecule has 1 atom stereocenters. The van der Waals surface area contributed by atoms with Gasteiger partial charge in [0.1, 0.15) is 0 Å². The highest BCUT2D eigenvalue weighted by atomic mass is 79.9. The molecule has 7 heteroatoms. The van der Waals surface area contributed by atoms with Gasteiger partial charge >= 0.3 is 0 Å². The number of nitrogens with zero attached hydrogens (tertiary/aromatic N) is 1. The summed E-state index contributed by atoms with van der Waals surface area (Å²) < 4.78 is 27.9. The van der Waals surface area contributed by atoms with Crippen LogP contribution in [0.5, 0.6) is 0 Å². The lowest BCUT2D eigenvalue weighted by Crippen LogP contribution is -2.41. The number of nitrogens with two attached hydrogens (primary N) is 1. The van der Waals surface area contributed by atoms with E-state index >= 15 is 0 Å². The first-order chi connectivity index (χ1) is 9.30. The zero-order valence-electron chi connectivity index (χ0n) is 12.1. The standard InChI is InChI=1S/C13H22BrN3O2S/c1-4-17(5-2)9-10(3)16-20(18,19)13-8-11(15)6-7-12(13)14/h6-8,10,16H,4-5,9,15H2,1-3H3. The average molecular weight is 364 g/mol. The fourth-order valence-corrected chi connectivity index (χ4v) is 4.19. The topological polar surface area (TPSA) is 75.4 Å². The zero-order chi connectivity index (χ0) is 15.3. The molecule has 1 aromatic carbocycles. The summed E-state index contributed by atoms with van der Waals surface area (Å²) in [5.74, 6) is 0. The van der Waals surface area contributed by atoms with E-state index in [-0.39, 0.29) is 10.9 Å². The third-order valence-electron chi connectivity index (χ3n) is 3.03. The van der Waals surface area contributed by atoms with E-state index in [0.717, 1.165) is 13.1 Å². The van der Waals surface area contributed by atoms with Crippen molar-refractivity contribution in [3.8, 4) is 0 Å². The summed E-state index contributed by atoms with van der Waals surface area (Å²) >= 11 is 3.25. The van der Waals surface area contributed by atoms with Crippen LogP contribution in [0.4, 0.5) is 5.69 Å². The second-order valence-electron chi connectivity index (χ2n) is 4.70. The van der Waals surface area contributed by atoms with Gasteiger partial charge in [-0.05, 0) is 54.1 Å². The van der Waals surface area contributed by atoms with Crippen LogP contribution in [0.1, 0.15) is 20.8 Å². The van der Waals surface area contributed by atoms with Crippen LogP contribution in [-0.4, -0.2) is 39.0 Å². The van der Waals surface area contributed by atoms with Crippen LogP contribution in [0.15, 0.2) is 27.6 Å². The van der Waals surface area contributed by atoms with E-state index in [2.05, 4.69) is 39.4 Å². The van der Waals surface area contributed by atoms with Gasteiger partial charge in [0, 0.05) is 22.7 Å². The number of nitrogen functional groups attached to an aromatic ring is 1. The molecule has 1 rings (SSSR count). The molecule has 0 saturated heterocycles. The van der Waals surface area contributed by atoms with Gasteiger partial charge in [-0.3, -0.25) is 0 Å². The first-order valence-electron chi connectivity index (χ1n) is 6.59. The molecule has 0 aromatic heterocycles. The number of hydrogen-bond acceptors (Lipinski definition) is 4. The van der Waals surface area contributed by atoms with Crippen molar-refractivity contribution < 1.29 is 8.42 Å². The summed E-state index contributed by atoms with van der Waals surface area (Å²) in [6.07, 6.45) is 0. The Kier molecular flexibility index (Phi) is 6.44. The van der Waals surface area contributed by atoms with Gasteiger partial charge in [0.15, 0.2) is 0 Å². The zero-order valence-corrected chi connectivity index (χ0v) is 14.5. The number of likely N-dealkylation sites (N-methyl/N-ethyl adjacent to an activating group) is 1. The normalized spacial score (nSPS) is 13.7. The molecule has 114 valence electrons. The highest BCUT2D eigenvalue weighted by molar-refractivity contribution is 9.10. The Bertz CT molecular complexity index is 545. The van der Waals surface area contributed by atoms with Gasteiger partial charge in [0.2, 0.25) is 10.0 Å². The molecule has 0 heterocycles. The molecule has 0 aliphatic rings. The van der Waals surface area contributed by atoms with Crippen LogP contribution in [0.3, 0.4) is 0 Å². The number of hydrogen-bond donors (Lipinski definition) is 2. The van der Waals surface area contributed by atoms with Gasteiger partial charge in [-0.25, -0.2) is 13.1 Å². The molecule has 5 nitrogen and oxygen atoms in total. The fourth-order valence-electron chi connectivity index (χ4n) is 1.96. The summed E-state index contributed by atoms with van der Waals surface area (Å²) in [6.45, 7) is 8.43. The fraction of sp³-hybridized carbons (Fsp3) is 0.538. The van der Waals surface area contributed by atoms with E-state index in [1.54, 1.807) is 12.1 Å². The predicted molar refractivity (Wildman–Crippen MR) is 86.1 cm³/mol. The van der Waals surface area contributed by atoms with E-state index in [0.29, 0.717) is 16.7 Å². The summed E-state index contributed by atoms with van der Waals surface area (Å²) in [7, 11) is -3.58. The third kappa shape index (κ3) is 4.73. The van der Waals surface area contributed by atoms with Crippen molar-refractivity contribution in [1.82, 2.24) is 9.62 Å². The number of benzene rings is 1. The van der Waals surface area contributed by atoms with Crippen LogP contribution < -0.4 is 10.5 Å². The van der Waals surface area contributed by atoms with Crippen LogP contribution in [0.25, 0.3) is 0 Å². The van der Waals surface area contributed by atoms with Crippen molar-refractivity contribution in [2.24, 2.45) is 0 Å². The first kappa shape index (κ1) is 17.4. The SMILES string of the molecule is CCN(CC)CC(C)NS(=O)(=O)c1cc(N)ccc1Br. The molecule has 0 amide bonds. The molecule has 1 unspecified atom stereocenters. The molecule has 0 saturated carbocycles. The Labute approximate surface area is 129 Å². The van der Waals surface area contributed by atoms with Gasteiger partial charge in [-0.15, -0.1) is 0 Å². The molecular weight excluding hydrogens is 342 g/mol. The molecule has 0 fully saturated rings. The molecule has 3 N–H and O–H groups in total. The first-order valence-corrected chi connectivity index (χ1v) is 8.87. The summed E-state index contributed by atoms with van der Waals surface area (Å²) in [6, 6.07) is 4.58. The van der Waals surface area contributed by atoms with Crippen molar-refractivity contribution in [3.63, 3.8) is 0 Å². The molecular formula is C13H22BrN3O2S. The van der Waals surface area contributed by atoms with E-state index in [1.165, 1.54) is 6.07 Å². The van der Waals surface area contributed by atoms with Gasteiger partial charge < -0.3 is 10.6 Å². The lowest BCUT2D eigenvalue weighted by Gasteiger charge is -2.23. The Morgan fingerprint density at radius 2 is 1.95 bits per heavy atom. The summed E-state index contributed by atoms with van der Waals surface area (Å²) in [5.41, 5.74) is 6.08. The van der Waals surface area contributed by atoms with Crippen LogP contribution in [0, 0.1) is 0 Å². The van der Waals surface area contributed by atoms with Crippen LogP contribution in [0.2, 0.25) is 0 Å². The van der Waals surface area contributed by atoms with Crippen LogP contribution in [-0.2, 0) is 10.0 Å². The van der Waals surface area contributed by atoms with Gasteiger partial charge in [-0.1, -0.05) is 13.8 Å². The average Bonchev–Trinajstić information content (AvgIpc) is 2.38. The van der Waals surface area contributed by atoms with Crippen molar-refractivity contribution >= 4 is 31.6 Å². The lowest BCUT2D eigenvalue weighted by atomic mass is 10.3. The highest BCUT2D eigenvalue weighted by Gasteiger charge is 2.21. The Hall–Kier alpha value is -0.630. The van der Waals surface area contributed by atoms with E-state index < -0.39 is 10.0 Å². The molecule has 0 aliphatic heterocycles. The smallest absolute Gasteiger partial charge is 0.242 e. The second-order valence-corrected chi connectivity index (χ2v) is 7.23. The lowest BCUT2D eigenvalue weighted by molar-refractivity contribution is 0.282. The largest absolute Gasteiger partial charge is 0.399 e. The molecule has 0 radical (unpaired) electrons. The molecule has 0 bridgehead atoms. The van der Waals surface area contributed by atoms with E-state index in [4.69, 9.17) is 5.73 Å². The van der Waals surface area contributed by atoms with E-state index in [1.807, 2.05) is 6.92 Å². The molecule has 0 spiro atoms. The van der Waals surface area contributed by atoms with Crippen molar-refractivity contribution in [2.45, 2.75) is 31.7 Å². The predicted octanol–water partition coefficient (Wildman–Crippen LogP) is 2.04. The van der Waals surface area contributed by atoms with Gasteiger partial charge in [0.05, 0.1) is 4.90 Å². The highest BCUT2D eigenvalue weighted by Crippen LogP contribution is 2.24. The molecule has 1 aromatic rings. The van der Waals surface area contributed by atoms with Gasteiger partial charge in [0.25, 0.3) is 0 Å². The minimum atomic E-state index is -3.58. The maximum Gasteiger partial charge on any atom is 0.242 e. The second kappa shape index (κ2) is 7.40. The van der Waals surface area contributed by atoms with Crippen LogP contribution >= 0.6 is 15.9 Å². The number of rotatable bonds is 7. The number of nitrogens with one attached hydrogen (secondary N) is 1. The molecule has 0 aliphatic carbocycles. The van der Waals surface area contributed by atoms with E-state index in [9.17, 15) is 8.42 Å². The van der Waals surface area contributed by atoms with Crippen molar-refractivity contribution in [3.05, 3.63) is 22.7 Å². The minimum absolute atomic E-state index is 0.170.